The highest BCUT2D eigenvalue weighted by Gasteiger charge is 2.11. The molecule has 0 radical (unpaired) electrons. The van der Waals surface area contributed by atoms with Gasteiger partial charge in [-0.15, -0.1) is 11.3 Å². The van der Waals surface area contributed by atoms with Gasteiger partial charge in [-0.2, -0.15) is 0 Å². The lowest BCUT2D eigenvalue weighted by Gasteiger charge is -2.14. The van der Waals surface area contributed by atoms with Crippen molar-refractivity contribution in [3.8, 4) is 11.5 Å². The third kappa shape index (κ3) is 4.42. The van der Waals surface area contributed by atoms with Crippen molar-refractivity contribution < 1.29 is 14.6 Å². The standard InChI is InChI=1S/C15H20N2O3S/c1-10-17-8-14(21-10)7-16-9-15(18)11-4-12(19-2)6-13(5-11)20-3/h4-6,8,15-16,18H,7,9H2,1-3H3. The molecule has 1 heterocycles. The van der Waals surface area contributed by atoms with E-state index in [9.17, 15) is 5.11 Å². The Kier molecular flexibility index (Phi) is 5.55. The Morgan fingerprint density at radius 1 is 1.24 bits per heavy atom. The average Bonchev–Trinajstić information content (AvgIpc) is 2.92. The molecule has 2 rings (SSSR count). The number of benzene rings is 1. The largest absolute Gasteiger partial charge is 0.497 e. The first-order valence-corrected chi connectivity index (χ1v) is 7.47. The summed E-state index contributed by atoms with van der Waals surface area (Å²) >= 11 is 1.65. The van der Waals surface area contributed by atoms with Crippen LogP contribution >= 0.6 is 11.3 Å². The van der Waals surface area contributed by atoms with Crippen LogP contribution in [0, 0.1) is 6.92 Å². The van der Waals surface area contributed by atoms with E-state index >= 15 is 0 Å². The summed E-state index contributed by atoms with van der Waals surface area (Å²) in [6.45, 7) is 3.13. The first kappa shape index (κ1) is 15.8. The van der Waals surface area contributed by atoms with E-state index in [0.29, 0.717) is 24.6 Å². The molecule has 0 aliphatic heterocycles. The third-order valence-electron chi connectivity index (χ3n) is 3.06. The van der Waals surface area contributed by atoms with E-state index < -0.39 is 6.10 Å². The molecule has 1 aromatic carbocycles. The Hall–Kier alpha value is -1.63. The molecule has 0 saturated carbocycles. The number of hydrogen-bond donors (Lipinski definition) is 2. The van der Waals surface area contributed by atoms with Crippen molar-refractivity contribution in [2.75, 3.05) is 20.8 Å². The Labute approximate surface area is 128 Å². The number of ether oxygens (including phenoxy) is 2. The normalized spacial score (nSPS) is 12.2. The molecule has 2 aromatic rings. The quantitative estimate of drug-likeness (QED) is 0.821. The highest BCUT2D eigenvalue weighted by molar-refractivity contribution is 7.11. The first-order chi connectivity index (χ1) is 10.1. The molecule has 5 nitrogen and oxygen atoms in total. The SMILES string of the molecule is COc1cc(OC)cc(C(O)CNCc2cnc(C)s2)c1. The molecule has 1 aromatic heterocycles. The fourth-order valence-corrected chi connectivity index (χ4v) is 2.72. The van der Waals surface area contributed by atoms with Crippen LogP contribution in [0.3, 0.4) is 0 Å². The Bertz CT molecular complexity index is 564. The Morgan fingerprint density at radius 2 is 1.90 bits per heavy atom. The van der Waals surface area contributed by atoms with Crippen molar-refractivity contribution in [2.24, 2.45) is 0 Å². The monoisotopic (exact) mass is 308 g/mol. The predicted octanol–water partition coefficient (Wildman–Crippen LogP) is 2.29. The molecule has 0 aliphatic carbocycles. The van der Waals surface area contributed by atoms with Crippen LogP contribution in [-0.2, 0) is 6.54 Å². The Balaban J connectivity index is 1.94. The second-order valence-electron chi connectivity index (χ2n) is 4.64. The molecular weight excluding hydrogens is 288 g/mol. The minimum atomic E-state index is -0.622. The van der Waals surface area contributed by atoms with Crippen LogP contribution in [0.4, 0.5) is 0 Å². The van der Waals surface area contributed by atoms with Gasteiger partial charge in [-0.05, 0) is 24.6 Å². The van der Waals surface area contributed by atoms with E-state index in [2.05, 4.69) is 10.3 Å². The average molecular weight is 308 g/mol. The van der Waals surface area contributed by atoms with Gasteiger partial charge in [0.1, 0.15) is 11.5 Å². The smallest absolute Gasteiger partial charge is 0.122 e. The van der Waals surface area contributed by atoms with E-state index in [1.54, 1.807) is 31.6 Å². The molecule has 0 amide bonds. The molecule has 6 heteroatoms. The van der Waals surface area contributed by atoms with Crippen LogP contribution < -0.4 is 14.8 Å². The number of nitrogens with zero attached hydrogens (tertiary/aromatic N) is 1. The maximum atomic E-state index is 10.3. The van der Waals surface area contributed by atoms with Gasteiger partial charge < -0.3 is 19.9 Å². The second-order valence-corrected chi connectivity index (χ2v) is 5.96. The maximum Gasteiger partial charge on any atom is 0.122 e. The third-order valence-corrected chi connectivity index (χ3v) is 3.98. The number of methoxy groups -OCH3 is 2. The fourth-order valence-electron chi connectivity index (χ4n) is 1.96. The van der Waals surface area contributed by atoms with Crippen molar-refractivity contribution >= 4 is 11.3 Å². The van der Waals surface area contributed by atoms with E-state index in [0.717, 1.165) is 15.4 Å². The molecule has 0 spiro atoms. The summed E-state index contributed by atoms with van der Waals surface area (Å²) in [7, 11) is 3.19. The number of thiazole rings is 1. The number of rotatable bonds is 7. The second kappa shape index (κ2) is 7.40. The highest BCUT2D eigenvalue weighted by atomic mass is 32.1. The van der Waals surface area contributed by atoms with Gasteiger partial charge in [0.25, 0.3) is 0 Å². The first-order valence-electron chi connectivity index (χ1n) is 6.65. The zero-order valence-corrected chi connectivity index (χ0v) is 13.2. The van der Waals surface area contributed by atoms with Crippen molar-refractivity contribution in [3.63, 3.8) is 0 Å². The summed E-state index contributed by atoms with van der Waals surface area (Å²) in [4.78, 5) is 5.36. The molecule has 114 valence electrons. The molecule has 1 atom stereocenters. The minimum Gasteiger partial charge on any atom is -0.497 e. The number of aliphatic hydroxyl groups excluding tert-OH is 1. The number of hydrogen-bond acceptors (Lipinski definition) is 6. The van der Waals surface area contributed by atoms with Gasteiger partial charge in [-0.3, -0.25) is 0 Å². The summed E-state index contributed by atoms with van der Waals surface area (Å²) in [5.41, 5.74) is 0.763. The van der Waals surface area contributed by atoms with Gasteiger partial charge >= 0.3 is 0 Å². The molecule has 0 aliphatic rings. The fraction of sp³-hybridized carbons (Fsp3) is 0.400. The number of aliphatic hydroxyl groups is 1. The zero-order chi connectivity index (χ0) is 15.2. The van der Waals surface area contributed by atoms with Crippen LogP contribution in [0.25, 0.3) is 0 Å². The van der Waals surface area contributed by atoms with Crippen LogP contribution in [0.5, 0.6) is 11.5 Å². The lowest BCUT2D eigenvalue weighted by Crippen LogP contribution is -2.20. The van der Waals surface area contributed by atoms with Gasteiger partial charge in [0, 0.05) is 30.2 Å². The predicted molar refractivity (Wildman–Crippen MR) is 83.1 cm³/mol. The van der Waals surface area contributed by atoms with Crippen LogP contribution in [0.15, 0.2) is 24.4 Å². The molecule has 0 bridgehead atoms. The molecule has 0 fully saturated rings. The molecular formula is C15H20N2O3S. The van der Waals surface area contributed by atoms with E-state index in [4.69, 9.17) is 9.47 Å². The van der Waals surface area contributed by atoms with E-state index in [1.807, 2.05) is 25.3 Å². The summed E-state index contributed by atoms with van der Waals surface area (Å²) in [6, 6.07) is 5.40. The molecule has 0 saturated heterocycles. The topological polar surface area (TPSA) is 63.6 Å². The summed E-state index contributed by atoms with van der Waals surface area (Å²) < 4.78 is 10.4. The van der Waals surface area contributed by atoms with Crippen LogP contribution in [-0.4, -0.2) is 30.9 Å². The van der Waals surface area contributed by atoms with E-state index in [1.165, 1.54) is 0 Å². The van der Waals surface area contributed by atoms with Crippen LogP contribution in [0.1, 0.15) is 21.6 Å². The van der Waals surface area contributed by atoms with Gasteiger partial charge in [-0.25, -0.2) is 4.98 Å². The highest BCUT2D eigenvalue weighted by Crippen LogP contribution is 2.26. The van der Waals surface area contributed by atoms with Gasteiger partial charge in [0.15, 0.2) is 0 Å². The van der Waals surface area contributed by atoms with E-state index in [-0.39, 0.29) is 0 Å². The van der Waals surface area contributed by atoms with Gasteiger partial charge in [-0.1, -0.05) is 0 Å². The molecule has 21 heavy (non-hydrogen) atoms. The summed E-state index contributed by atoms with van der Waals surface area (Å²) in [5, 5.41) is 14.5. The molecule has 2 N–H and O–H groups in total. The lowest BCUT2D eigenvalue weighted by atomic mass is 10.1. The maximum absolute atomic E-state index is 10.3. The van der Waals surface area contributed by atoms with Crippen LogP contribution in [0.2, 0.25) is 0 Å². The number of nitrogens with one attached hydrogen (secondary N) is 1. The summed E-state index contributed by atoms with van der Waals surface area (Å²) in [5.74, 6) is 1.34. The summed E-state index contributed by atoms with van der Waals surface area (Å²) in [6.07, 6.45) is 1.23. The van der Waals surface area contributed by atoms with Gasteiger partial charge in [0.05, 0.1) is 25.3 Å². The lowest BCUT2D eigenvalue weighted by molar-refractivity contribution is 0.173. The number of aryl methyl sites for hydroxylation is 1. The van der Waals surface area contributed by atoms with Crippen molar-refractivity contribution in [2.45, 2.75) is 19.6 Å². The molecule has 1 unspecified atom stereocenters. The van der Waals surface area contributed by atoms with Crippen molar-refractivity contribution in [1.82, 2.24) is 10.3 Å². The van der Waals surface area contributed by atoms with Crippen molar-refractivity contribution in [3.05, 3.63) is 39.8 Å². The van der Waals surface area contributed by atoms with Crippen molar-refractivity contribution in [1.29, 1.82) is 0 Å². The zero-order valence-electron chi connectivity index (χ0n) is 12.4. The van der Waals surface area contributed by atoms with Gasteiger partial charge in [0.2, 0.25) is 0 Å². The minimum absolute atomic E-state index is 0.452. The number of aromatic nitrogens is 1. The Morgan fingerprint density at radius 3 is 2.43 bits per heavy atom.